The molecule has 2 N–H and O–H groups in total. The summed E-state index contributed by atoms with van der Waals surface area (Å²) in [5, 5.41) is 0. The molecule has 0 aliphatic rings. The van der Waals surface area contributed by atoms with Crippen molar-refractivity contribution < 1.29 is 22.4 Å². The molecule has 0 fully saturated rings. The molecule has 0 aliphatic heterocycles. The molecule has 140 valence electrons. The number of hydrogen-bond donors (Lipinski definition) is 1. The molecule has 1 amide bonds. The molecule has 1 unspecified atom stereocenters. The van der Waals surface area contributed by atoms with E-state index in [1.165, 1.54) is 12.1 Å². The predicted octanol–water partition coefficient (Wildman–Crippen LogP) is 5.05. The Hall–Kier alpha value is -1.64. The van der Waals surface area contributed by atoms with Crippen LogP contribution in [0.3, 0.4) is 0 Å². The fourth-order valence-corrected chi connectivity index (χ4v) is 4.20. The lowest BCUT2D eigenvalue weighted by atomic mass is 9.85. The quantitative estimate of drug-likeness (QED) is 0.654. The van der Waals surface area contributed by atoms with Crippen molar-refractivity contribution in [2.24, 2.45) is 5.73 Å². The van der Waals surface area contributed by atoms with E-state index in [0.29, 0.717) is 5.56 Å². The normalized spacial score (nSPS) is 14.7. The van der Waals surface area contributed by atoms with Gasteiger partial charge in [0.1, 0.15) is 0 Å². The fourth-order valence-electron chi connectivity index (χ4n) is 2.68. The monoisotopic (exact) mass is 445 g/mol. The Balaban J connectivity index is 2.78. The van der Waals surface area contributed by atoms with Crippen LogP contribution in [-0.4, -0.2) is 14.2 Å². The molecule has 2 aromatic carbocycles. The van der Waals surface area contributed by atoms with Crippen LogP contribution in [0, 0.1) is 0 Å². The summed E-state index contributed by atoms with van der Waals surface area (Å²) >= 11 is 3.31. The first-order chi connectivity index (χ1) is 11.9. The molecule has 0 spiro atoms. The second-order valence-electron chi connectivity index (χ2n) is 6.85. The molecule has 0 bridgehead atoms. The number of alkyl halides is 3. The van der Waals surface area contributed by atoms with E-state index in [-0.39, 0.29) is 5.56 Å². The third-order valence-electron chi connectivity index (χ3n) is 3.65. The second kappa shape index (κ2) is 7.17. The van der Waals surface area contributed by atoms with Gasteiger partial charge in [0.05, 0.1) is 5.56 Å². The van der Waals surface area contributed by atoms with Crippen LogP contribution in [0.2, 0.25) is 19.6 Å². The topological polar surface area (TPSA) is 52.3 Å². The van der Waals surface area contributed by atoms with Gasteiger partial charge in [-0.2, -0.15) is 13.2 Å². The minimum Gasteiger partial charge on any atom is -0.397 e. The average molecular weight is 446 g/mol. The summed E-state index contributed by atoms with van der Waals surface area (Å²) in [6.45, 7) is 5.53. The predicted molar refractivity (Wildman–Crippen MR) is 100.0 cm³/mol. The first kappa shape index (κ1) is 20.7. The van der Waals surface area contributed by atoms with Gasteiger partial charge in [-0.1, -0.05) is 40.2 Å². The van der Waals surface area contributed by atoms with Gasteiger partial charge in [-0.3, -0.25) is 4.79 Å². The Morgan fingerprint density at radius 1 is 1.00 bits per heavy atom. The highest BCUT2D eigenvalue weighted by Gasteiger charge is 2.46. The molecule has 0 saturated heterocycles. The lowest BCUT2D eigenvalue weighted by Gasteiger charge is -2.37. The largest absolute Gasteiger partial charge is 0.416 e. The van der Waals surface area contributed by atoms with Gasteiger partial charge in [-0.05, 0) is 55.0 Å². The maximum Gasteiger partial charge on any atom is 0.416 e. The zero-order valence-corrected chi connectivity index (χ0v) is 17.1. The molecule has 0 aromatic heterocycles. The third kappa shape index (κ3) is 4.36. The van der Waals surface area contributed by atoms with E-state index in [9.17, 15) is 18.0 Å². The van der Waals surface area contributed by atoms with Gasteiger partial charge < -0.3 is 10.2 Å². The van der Waals surface area contributed by atoms with Gasteiger partial charge in [-0.15, -0.1) is 0 Å². The lowest BCUT2D eigenvalue weighted by molar-refractivity contribution is -0.138. The maximum atomic E-state index is 13.2. The van der Waals surface area contributed by atoms with Crippen molar-refractivity contribution in [1.82, 2.24) is 0 Å². The average Bonchev–Trinajstić information content (AvgIpc) is 2.51. The summed E-state index contributed by atoms with van der Waals surface area (Å²) in [5.41, 5.74) is 3.49. The van der Waals surface area contributed by atoms with E-state index in [4.69, 9.17) is 10.2 Å². The number of carbonyl (C=O) groups excluding carboxylic acids is 1. The number of halogens is 4. The summed E-state index contributed by atoms with van der Waals surface area (Å²) in [6, 6.07) is 11.2. The van der Waals surface area contributed by atoms with Crippen molar-refractivity contribution in [3.8, 4) is 0 Å². The zero-order chi connectivity index (χ0) is 19.8. The minimum atomic E-state index is -4.54. The van der Waals surface area contributed by atoms with Crippen molar-refractivity contribution in [1.29, 1.82) is 0 Å². The summed E-state index contributed by atoms with van der Waals surface area (Å²) in [6.07, 6.45) is -4.54. The first-order valence-electron chi connectivity index (χ1n) is 7.80. The Labute approximate surface area is 159 Å². The van der Waals surface area contributed by atoms with Crippen LogP contribution < -0.4 is 5.73 Å². The van der Waals surface area contributed by atoms with Crippen molar-refractivity contribution in [2.45, 2.75) is 31.4 Å². The molecule has 0 aliphatic carbocycles. The molecule has 2 rings (SSSR count). The highest BCUT2D eigenvalue weighted by Crippen LogP contribution is 2.39. The van der Waals surface area contributed by atoms with Crippen molar-refractivity contribution >= 4 is 30.2 Å². The Morgan fingerprint density at radius 2 is 1.54 bits per heavy atom. The van der Waals surface area contributed by atoms with Crippen molar-refractivity contribution in [2.75, 3.05) is 0 Å². The van der Waals surface area contributed by atoms with E-state index in [0.717, 1.165) is 16.6 Å². The van der Waals surface area contributed by atoms with Gasteiger partial charge in [0.15, 0.2) is 13.9 Å². The van der Waals surface area contributed by atoms with Gasteiger partial charge in [0, 0.05) is 4.47 Å². The molecule has 2 aromatic rings. The fraction of sp³-hybridized carbons (Fsp3) is 0.278. The molecular weight excluding hydrogens is 427 g/mol. The Kier molecular flexibility index (Phi) is 5.70. The molecule has 1 atom stereocenters. The molecular formula is C18H19BrF3NO2Si. The van der Waals surface area contributed by atoms with Crippen LogP contribution in [-0.2, 0) is 21.0 Å². The van der Waals surface area contributed by atoms with E-state index in [1.54, 1.807) is 24.3 Å². The van der Waals surface area contributed by atoms with Crippen LogP contribution in [0.15, 0.2) is 53.0 Å². The van der Waals surface area contributed by atoms with Gasteiger partial charge >= 0.3 is 6.18 Å². The third-order valence-corrected chi connectivity index (χ3v) is 5.10. The molecule has 26 heavy (non-hydrogen) atoms. The molecule has 0 radical (unpaired) electrons. The molecule has 0 saturated carbocycles. The minimum absolute atomic E-state index is 0.0598. The number of hydrogen-bond acceptors (Lipinski definition) is 2. The summed E-state index contributed by atoms with van der Waals surface area (Å²) in [4.78, 5) is 12.6. The second-order valence-corrected chi connectivity index (χ2v) is 12.2. The molecule has 3 nitrogen and oxygen atoms in total. The standard InChI is InChI=1S/C18H19BrF3NO2Si/c1-26(2,3)25-17(16(23)24,12-7-9-15(19)10-8-12)13-5-4-6-14(11-13)18(20,21)22/h4-11H,1-3H3,(H2,23,24). The van der Waals surface area contributed by atoms with Gasteiger partial charge in [0.2, 0.25) is 0 Å². The summed E-state index contributed by atoms with van der Waals surface area (Å²) in [7, 11) is -2.39. The molecule has 8 heteroatoms. The SMILES string of the molecule is C[Si](C)(C)OC(C(N)=O)(c1ccc(Br)cc1)c1cccc(C(F)(F)F)c1. The van der Waals surface area contributed by atoms with Crippen LogP contribution in [0.25, 0.3) is 0 Å². The number of amides is 1. The Morgan fingerprint density at radius 3 is 2.00 bits per heavy atom. The van der Waals surface area contributed by atoms with Crippen molar-refractivity contribution in [3.63, 3.8) is 0 Å². The molecule has 0 heterocycles. The zero-order valence-electron chi connectivity index (χ0n) is 14.5. The van der Waals surface area contributed by atoms with E-state index < -0.39 is 31.6 Å². The van der Waals surface area contributed by atoms with Crippen LogP contribution in [0.5, 0.6) is 0 Å². The Bertz CT molecular complexity index is 803. The number of rotatable bonds is 5. The first-order valence-corrected chi connectivity index (χ1v) is 12.0. The number of benzene rings is 2. The van der Waals surface area contributed by atoms with E-state index in [2.05, 4.69) is 15.9 Å². The highest BCUT2D eigenvalue weighted by atomic mass is 79.9. The van der Waals surface area contributed by atoms with Gasteiger partial charge in [-0.25, -0.2) is 0 Å². The highest BCUT2D eigenvalue weighted by molar-refractivity contribution is 9.10. The van der Waals surface area contributed by atoms with E-state index >= 15 is 0 Å². The number of carbonyl (C=O) groups is 1. The number of nitrogens with two attached hydrogens (primary N) is 1. The van der Waals surface area contributed by atoms with E-state index in [1.807, 2.05) is 19.6 Å². The smallest absolute Gasteiger partial charge is 0.397 e. The summed E-state index contributed by atoms with van der Waals surface area (Å²) in [5.74, 6) is -0.860. The van der Waals surface area contributed by atoms with Gasteiger partial charge in [0.25, 0.3) is 5.91 Å². The lowest BCUT2D eigenvalue weighted by Crippen LogP contribution is -2.50. The van der Waals surface area contributed by atoms with Crippen molar-refractivity contribution in [3.05, 3.63) is 69.7 Å². The summed E-state index contributed by atoms with van der Waals surface area (Å²) < 4.78 is 46.5. The van der Waals surface area contributed by atoms with Crippen LogP contribution >= 0.6 is 15.9 Å². The maximum absolute atomic E-state index is 13.2. The number of primary amides is 1. The van der Waals surface area contributed by atoms with Crippen LogP contribution in [0.4, 0.5) is 13.2 Å². The van der Waals surface area contributed by atoms with Crippen LogP contribution in [0.1, 0.15) is 16.7 Å².